The van der Waals surface area contributed by atoms with Crippen molar-refractivity contribution in [3.8, 4) is 5.75 Å². The van der Waals surface area contributed by atoms with Gasteiger partial charge in [0.1, 0.15) is 16.5 Å². The highest BCUT2D eigenvalue weighted by Gasteiger charge is 2.35. The Kier molecular flexibility index (Phi) is 7.56. The van der Waals surface area contributed by atoms with E-state index in [0.717, 1.165) is 5.56 Å². The lowest BCUT2D eigenvalue weighted by Gasteiger charge is -2.33. The van der Waals surface area contributed by atoms with Crippen LogP contribution in [0.1, 0.15) is 43.7 Å². The number of nitrogens with zero attached hydrogens (tertiary/aromatic N) is 2. The fourth-order valence-corrected chi connectivity index (χ4v) is 5.67. The number of benzene rings is 2. The Morgan fingerprint density at radius 3 is 2.44 bits per heavy atom. The number of carbonyl (C=O) groups is 1. The molecule has 6 nitrogen and oxygen atoms in total. The van der Waals surface area contributed by atoms with E-state index < -0.39 is 10.0 Å². The Labute approximate surface area is 190 Å². The SMILES string of the molecule is COc1ccc(C(C)C)cc1S(=O)(=O)N1CCC(C(=O)N(C)Cc2ccccc2F)CC1. The number of rotatable bonds is 7. The molecular weight excluding hydrogens is 431 g/mol. The van der Waals surface area contributed by atoms with E-state index in [1.54, 1.807) is 37.4 Å². The highest BCUT2D eigenvalue weighted by Crippen LogP contribution is 2.32. The standard InChI is InChI=1S/C24H31FN2O4S/c1-17(2)19-9-10-22(31-4)23(15-19)32(29,30)27-13-11-18(12-14-27)24(28)26(3)16-20-7-5-6-8-21(20)25/h5-10,15,17-18H,11-14,16H2,1-4H3. The fourth-order valence-electron chi connectivity index (χ4n) is 4.01. The van der Waals surface area contributed by atoms with Crippen LogP contribution in [0.2, 0.25) is 0 Å². The number of carbonyl (C=O) groups excluding carboxylic acids is 1. The van der Waals surface area contributed by atoms with Gasteiger partial charge in [-0.3, -0.25) is 4.79 Å². The third-order valence-corrected chi connectivity index (χ3v) is 7.94. The summed E-state index contributed by atoms with van der Waals surface area (Å²) in [5, 5.41) is 0. The molecule has 3 rings (SSSR count). The molecule has 0 aromatic heterocycles. The number of hydrogen-bond acceptors (Lipinski definition) is 4. The van der Waals surface area contributed by atoms with Gasteiger partial charge in [0.15, 0.2) is 0 Å². The number of sulfonamides is 1. The molecule has 8 heteroatoms. The monoisotopic (exact) mass is 462 g/mol. The van der Waals surface area contributed by atoms with Crippen LogP contribution < -0.4 is 4.74 Å². The molecule has 1 heterocycles. The molecule has 1 fully saturated rings. The minimum Gasteiger partial charge on any atom is -0.495 e. The number of piperidine rings is 1. The van der Waals surface area contributed by atoms with Crippen molar-refractivity contribution in [2.24, 2.45) is 5.92 Å². The van der Waals surface area contributed by atoms with E-state index in [-0.39, 0.29) is 48.1 Å². The molecule has 0 bridgehead atoms. The second-order valence-electron chi connectivity index (χ2n) is 8.53. The maximum atomic E-state index is 13.9. The Hall–Kier alpha value is -2.45. The van der Waals surface area contributed by atoms with Gasteiger partial charge in [-0.1, -0.05) is 38.1 Å². The van der Waals surface area contributed by atoms with Crippen molar-refractivity contribution in [2.75, 3.05) is 27.2 Å². The van der Waals surface area contributed by atoms with Crippen LogP contribution in [0.5, 0.6) is 5.75 Å². The van der Waals surface area contributed by atoms with Gasteiger partial charge in [0, 0.05) is 38.2 Å². The zero-order valence-electron chi connectivity index (χ0n) is 19.0. The zero-order chi connectivity index (χ0) is 23.5. The smallest absolute Gasteiger partial charge is 0.246 e. The van der Waals surface area contributed by atoms with Crippen molar-refractivity contribution in [2.45, 2.75) is 44.0 Å². The molecule has 174 valence electrons. The Bertz CT molecular complexity index is 1060. The molecule has 0 N–H and O–H groups in total. The molecule has 0 unspecified atom stereocenters. The van der Waals surface area contributed by atoms with Gasteiger partial charge in [0.2, 0.25) is 15.9 Å². The maximum absolute atomic E-state index is 13.9. The van der Waals surface area contributed by atoms with E-state index in [2.05, 4.69) is 0 Å². The van der Waals surface area contributed by atoms with Crippen LogP contribution in [-0.2, 0) is 21.4 Å². The first-order valence-electron chi connectivity index (χ1n) is 10.8. The second kappa shape index (κ2) is 10.0. The van der Waals surface area contributed by atoms with Crippen molar-refractivity contribution >= 4 is 15.9 Å². The topological polar surface area (TPSA) is 66.9 Å². The van der Waals surface area contributed by atoms with Crippen LogP contribution in [-0.4, -0.2) is 50.8 Å². The molecule has 0 saturated carbocycles. The van der Waals surface area contributed by atoms with Gasteiger partial charge in [-0.05, 0) is 42.5 Å². The number of methoxy groups -OCH3 is 1. The highest BCUT2D eigenvalue weighted by atomic mass is 32.2. The molecular formula is C24H31FN2O4S. The van der Waals surface area contributed by atoms with Crippen molar-refractivity contribution < 1.29 is 22.3 Å². The van der Waals surface area contributed by atoms with Gasteiger partial charge in [0.05, 0.1) is 7.11 Å². The largest absolute Gasteiger partial charge is 0.495 e. The Morgan fingerprint density at radius 1 is 1.19 bits per heavy atom. The summed E-state index contributed by atoms with van der Waals surface area (Å²) in [7, 11) is -0.640. The number of amides is 1. The van der Waals surface area contributed by atoms with Crippen LogP contribution in [0.3, 0.4) is 0 Å². The Morgan fingerprint density at radius 2 is 1.84 bits per heavy atom. The fraction of sp³-hybridized carbons (Fsp3) is 0.458. The minimum absolute atomic E-state index is 0.0929. The summed E-state index contributed by atoms with van der Waals surface area (Å²) in [6, 6.07) is 11.6. The molecule has 0 spiro atoms. The Balaban J connectivity index is 1.69. The van der Waals surface area contributed by atoms with E-state index in [9.17, 15) is 17.6 Å². The summed E-state index contributed by atoms with van der Waals surface area (Å²) in [5.74, 6) is -0.224. The van der Waals surface area contributed by atoms with Gasteiger partial charge >= 0.3 is 0 Å². The molecule has 1 aliphatic heterocycles. The summed E-state index contributed by atoms with van der Waals surface area (Å²) in [4.78, 5) is 14.6. The average molecular weight is 463 g/mol. The van der Waals surface area contributed by atoms with Crippen molar-refractivity contribution in [3.05, 3.63) is 59.4 Å². The quantitative estimate of drug-likeness (QED) is 0.623. The predicted molar refractivity (Wildman–Crippen MR) is 121 cm³/mol. The van der Waals surface area contributed by atoms with Crippen molar-refractivity contribution in [3.63, 3.8) is 0 Å². The summed E-state index contributed by atoms with van der Waals surface area (Å²) >= 11 is 0. The molecule has 0 radical (unpaired) electrons. The predicted octanol–water partition coefficient (Wildman–Crippen LogP) is 4.02. The first-order valence-corrected chi connectivity index (χ1v) is 12.3. The number of halogens is 1. The molecule has 2 aromatic carbocycles. The zero-order valence-corrected chi connectivity index (χ0v) is 19.9. The van der Waals surface area contributed by atoms with Crippen molar-refractivity contribution in [1.82, 2.24) is 9.21 Å². The van der Waals surface area contributed by atoms with E-state index in [1.807, 2.05) is 19.9 Å². The molecule has 2 aromatic rings. The first kappa shape index (κ1) is 24.2. The van der Waals surface area contributed by atoms with E-state index in [0.29, 0.717) is 24.2 Å². The van der Waals surface area contributed by atoms with E-state index >= 15 is 0 Å². The van der Waals surface area contributed by atoms with E-state index in [1.165, 1.54) is 22.4 Å². The third-order valence-electron chi connectivity index (χ3n) is 6.02. The van der Waals surface area contributed by atoms with Crippen LogP contribution in [0.15, 0.2) is 47.4 Å². The van der Waals surface area contributed by atoms with E-state index in [4.69, 9.17) is 4.74 Å². The van der Waals surface area contributed by atoms with Crippen LogP contribution in [0, 0.1) is 11.7 Å². The summed E-state index contributed by atoms with van der Waals surface area (Å²) in [6.45, 7) is 4.70. The second-order valence-corrected chi connectivity index (χ2v) is 10.4. The summed E-state index contributed by atoms with van der Waals surface area (Å²) < 4.78 is 47.3. The molecule has 32 heavy (non-hydrogen) atoms. The van der Waals surface area contributed by atoms with Crippen LogP contribution in [0.4, 0.5) is 4.39 Å². The molecule has 1 saturated heterocycles. The van der Waals surface area contributed by atoms with Gasteiger partial charge in [0.25, 0.3) is 0 Å². The number of ether oxygens (including phenoxy) is 1. The minimum atomic E-state index is -3.75. The van der Waals surface area contributed by atoms with Crippen LogP contribution in [0.25, 0.3) is 0 Å². The molecule has 1 aliphatic rings. The van der Waals surface area contributed by atoms with Crippen LogP contribution >= 0.6 is 0 Å². The molecule has 0 aliphatic carbocycles. The summed E-state index contributed by atoms with van der Waals surface area (Å²) in [6.07, 6.45) is 0.845. The molecule has 1 amide bonds. The van der Waals surface area contributed by atoms with Gasteiger partial charge in [-0.15, -0.1) is 0 Å². The normalized spacial score (nSPS) is 15.7. The highest BCUT2D eigenvalue weighted by molar-refractivity contribution is 7.89. The average Bonchev–Trinajstić information content (AvgIpc) is 2.79. The van der Waals surface area contributed by atoms with Gasteiger partial charge in [-0.25, -0.2) is 12.8 Å². The van der Waals surface area contributed by atoms with Crippen molar-refractivity contribution in [1.29, 1.82) is 0 Å². The summed E-state index contributed by atoms with van der Waals surface area (Å²) in [5.41, 5.74) is 1.38. The third kappa shape index (κ3) is 5.13. The van der Waals surface area contributed by atoms with Gasteiger partial charge < -0.3 is 9.64 Å². The lowest BCUT2D eigenvalue weighted by molar-refractivity contribution is -0.136. The van der Waals surface area contributed by atoms with Gasteiger partial charge in [-0.2, -0.15) is 4.31 Å². The maximum Gasteiger partial charge on any atom is 0.246 e. The lowest BCUT2D eigenvalue weighted by Crippen LogP contribution is -2.43. The first-order chi connectivity index (χ1) is 15.1. The lowest BCUT2D eigenvalue weighted by atomic mass is 9.96. The molecule has 0 atom stereocenters. The number of hydrogen-bond donors (Lipinski definition) is 0.